The lowest BCUT2D eigenvalue weighted by Crippen LogP contribution is -2.30. The Kier molecular flexibility index (Phi) is 4.32. The first-order valence-electron chi connectivity index (χ1n) is 8.46. The lowest BCUT2D eigenvalue weighted by Gasteiger charge is -2.28. The molecule has 0 saturated heterocycles. The van der Waals surface area contributed by atoms with Gasteiger partial charge in [-0.25, -0.2) is 4.98 Å². The average Bonchev–Trinajstić information content (AvgIpc) is 3.09. The summed E-state index contributed by atoms with van der Waals surface area (Å²) < 4.78 is 0. The van der Waals surface area contributed by atoms with Crippen LogP contribution in [0.3, 0.4) is 0 Å². The van der Waals surface area contributed by atoms with Crippen molar-refractivity contribution in [3.63, 3.8) is 0 Å². The highest BCUT2D eigenvalue weighted by Gasteiger charge is 2.39. The average molecular weight is 288 g/mol. The van der Waals surface area contributed by atoms with Gasteiger partial charge in [0, 0.05) is 31.9 Å². The number of aryl methyl sites for hydroxylation is 1. The molecule has 1 N–H and O–H groups in total. The number of rotatable bonds is 6. The van der Waals surface area contributed by atoms with Crippen LogP contribution >= 0.6 is 0 Å². The van der Waals surface area contributed by atoms with Crippen LogP contribution in [-0.4, -0.2) is 30.1 Å². The Morgan fingerprint density at radius 1 is 1.33 bits per heavy atom. The molecule has 2 aliphatic carbocycles. The topological polar surface area (TPSA) is 41.1 Å². The predicted molar refractivity (Wildman–Crippen MR) is 87.8 cm³/mol. The molecule has 3 unspecified atom stereocenters. The van der Waals surface area contributed by atoms with Gasteiger partial charge in [0.05, 0.1) is 0 Å². The molecule has 3 rings (SSSR count). The molecule has 4 nitrogen and oxygen atoms in total. The fraction of sp³-hybridized carbons (Fsp3) is 0.765. The number of nitrogens with zero attached hydrogens (tertiary/aromatic N) is 3. The summed E-state index contributed by atoms with van der Waals surface area (Å²) in [5, 5.41) is 3.29. The molecule has 0 radical (unpaired) electrons. The second-order valence-corrected chi connectivity index (χ2v) is 6.94. The molecule has 21 heavy (non-hydrogen) atoms. The molecule has 0 spiro atoms. The van der Waals surface area contributed by atoms with Gasteiger partial charge in [0.1, 0.15) is 5.82 Å². The van der Waals surface area contributed by atoms with E-state index in [2.05, 4.69) is 36.1 Å². The zero-order valence-electron chi connectivity index (χ0n) is 13.6. The van der Waals surface area contributed by atoms with E-state index in [9.17, 15) is 0 Å². The molecule has 0 amide bonds. The lowest BCUT2D eigenvalue weighted by molar-refractivity contribution is 0.337. The summed E-state index contributed by atoms with van der Waals surface area (Å²) in [4.78, 5) is 11.4. The van der Waals surface area contributed by atoms with Crippen molar-refractivity contribution in [1.82, 2.24) is 9.97 Å². The Labute approximate surface area is 128 Å². The molecule has 1 aromatic heterocycles. The molecule has 3 atom stereocenters. The highest BCUT2D eigenvalue weighted by atomic mass is 15.2. The zero-order valence-corrected chi connectivity index (χ0v) is 13.6. The molecular formula is C17H28N4. The molecule has 0 aliphatic heterocycles. The van der Waals surface area contributed by atoms with E-state index in [1.807, 2.05) is 6.20 Å². The first-order chi connectivity index (χ1) is 10.2. The van der Waals surface area contributed by atoms with Crippen molar-refractivity contribution in [3.8, 4) is 0 Å². The third-order valence-electron chi connectivity index (χ3n) is 5.23. The van der Waals surface area contributed by atoms with E-state index in [4.69, 9.17) is 4.98 Å². The van der Waals surface area contributed by atoms with Gasteiger partial charge in [0.25, 0.3) is 0 Å². The largest absolute Gasteiger partial charge is 0.359 e. The van der Waals surface area contributed by atoms with Crippen molar-refractivity contribution in [2.24, 2.45) is 17.8 Å². The fourth-order valence-corrected chi connectivity index (χ4v) is 4.18. The number of nitrogens with one attached hydrogen (secondary N) is 1. The van der Waals surface area contributed by atoms with Gasteiger partial charge >= 0.3 is 0 Å². The summed E-state index contributed by atoms with van der Waals surface area (Å²) >= 11 is 0. The van der Waals surface area contributed by atoms with Crippen LogP contribution < -0.4 is 10.2 Å². The minimum absolute atomic E-state index is 0.761. The van der Waals surface area contributed by atoms with Crippen molar-refractivity contribution >= 4 is 11.8 Å². The van der Waals surface area contributed by atoms with Gasteiger partial charge in [-0.05, 0) is 50.4 Å². The summed E-state index contributed by atoms with van der Waals surface area (Å²) in [5.41, 5.74) is 1.17. The monoisotopic (exact) mass is 288 g/mol. The van der Waals surface area contributed by atoms with E-state index < -0.39 is 0 Å². The van der Waals surface area contributed by atoms with Gasteiger partial charge < -0.3 is 10.2 Å². The zero-order chi connectivity index (χ0) is 14.8. The second-order valence-electron chi connectivity index (χ2n) is 6.94. The number of fused-ring (bicyclic) bond motifs is 2. The Morgan fingerprint density at radius 2 is 2.19 bits per heavy atom. The van der Waals surface area contributed by atoms with Crippen LogP contribution in [0.1, 0.15) is 44.6 Å². The van der Waals surface area contributed by atoms with Gasteiger partial charge in [-0.2, -0.15) is 4.98 Å². The maximum atomic E-state index is 4.72. The van der Waals surface area contributed by atoms with Gasteiger partial charge in [-0.15, -0.1) is 0 Å². The Balaban J connectivity index is 1.67. The minimum atomic E-state index is 0.761. The number of hydrogen-bond donors (Lipinski definition) is 1. The SMILES string of the molecule is CCCNc1ncc(C)c(N(C)CC2CC3CCC2C3)n1. The summed E-state index contributed by atoms with van der Waals surface area (Å²) in [7, 11) is 2.19. The molecule has 2 saturated carbocycles. The van der Waals surface area contributed by atoms with Crippen molar-refractivity contribution in [1.29, 1.82) is 0 Å². The highest BCUT2D eigenvalue weighted by Crippen LogP contribution is 2.48. The van der Waals surface area contributed by atoms with Crippen LogP contribution in [0.25, 0.3) is 0 Å². The molecule has 2 fully saturated rings. The van der Waals surface area contributed by atoms with Gasteiger partial charge in [-0.1, -0.05) is 13.3 Å². The highest BCUT2D eigenvalue weighted by molar-refractivity contribution is 5.48. The quantitative estimate of drug-likeness (QED) is 0.870. The molecule has 0 aromatic carbocycles. The van der Waals surface area contributed by atoms with E-state index in [0.717, 1.165) is 49.0 Å². The van der Waals surface area contributed by atoms with E-state index >= 15 is 0 Å². The molecule has 2 bridgehead atoms. The van der Waals surface area contributed by atoms with E-state index in [0.29, 0.717) is 0 Å². The third-order valence-corrected chi connectivity index (χ3v) is 5.23. The van der Waals surface area contributed by atoms with Crippen LogP contribution in [0.15, 0.2) is 6.20 Å². The number of hydrogen-bond acceptors (Lipinski definition) is 4. The smallest absolute Gasteiger partial charge is 0.224 e. The normalized spacial score (nSPS) is 27.1. The van der Waals surface area contributed by atoms with Crippen molar-refractivity contribution in [2.45, 2.75) is 46.0 Å². The molecular weight excluding hydrogens is 260 g/mol. The van der Waals surface area contributed by atoms with Crippen molar-refractivity contribution < 1.29 is 0 Å². The molecule has 1 heterocycles. The lowest BCUT2D eigenvalue weighted by atomic mass is 9.88. The first kappa shape index (κ1) is 14.6. The first-order valence-corrected chi connectivity index (χ1v) is 8.46. The van der Waals surface area contributed by atoms with Gasteiger partial charge in [-0.3, -0.25) is 0 Å². The Bertz CT molecular complexity index is 488. The summed E-state index contributed by atoms with van der Waals surface area (Å²) in [6.45, 7) is 6.34. The fourth-order valence-electron chi connectivity index (χ4n) is 4.18. The molecule has 1 aromatic rings. The van der Waals surface area contributed by atoms with Crippen LogP contribution in [0, 0.1) is 24.7 Å². The van der Waals surface area contributed by atoms with E-state index in [1.165, 1.54) is 31.2 Å². The van der Waals surface area contributed by atoms with Gasteiger partial charge in [0.2, 0.25) is 5.95 Å². The summed E-state index contributed by atoms with van der Waals surface area (Å²) in [6.07, 6.45) is 8.87. The number of aromatic nitrogens is 2. The van der Waals surface area contributed by atoms with Gasteiger partial charge in [0.15, 0.2) is 0 Å². The van der Waals surface area contributed by atoms with Crippen molar-refractivity contribution in [3.05, 3.63) is 11.8 Å². The second kappa shape index (κ2) is 6.20. The minimum Gasteiger partial charge on any atom is -0.359 e. The molecule has 4 heteroatoms. The van der Waals surface area contributed by atoms with Crippen LogP contribution in [0.5, 0.6) is 0 Å². The predicted octanol–water partition coefficient (Wildman–Crippen LogP) is 3.48. The van der Waals surface area contributed by atoms with Crippen LogP contribution in [0.4, 0.5) is 11.8 Å². The van der Waals surface area contributed by atoms with Crippen LogP contribution in [-0.2, 0) is 0 Å². The van der Waals surface area contributed by atoms with E-state index in [1.54, 1.807) is 0 Å². The molecule has 2 aliphatic rings. The maximum absolute atomic E-state index is 4.72. The Morgan fingerprint density at radius 3 is 2.86 bits per heavy atom. The van der Waals surface area contributed by atoms with Crippen molar-refractivity contribution in [2.75, 3.05) is 30.4 Å². The Hall–Kier alpha value is -1.32. The summed E-state index contributed by atoms with van der Waals surface area (Å²) in [5.74, 6) is 4.71. The van der Waals surface area contributed by atoms with E-state index in [-0.39, 0.29) is 0 Å². The summed E-state index contributed by atoms with van der Waals surface area (Å²) in [6, 6.07) is 0. The third kappa shape index (κ3) is 3.14. The van der Waals surface area contributed by atoms with Crippen LogP contribution in [0.2, 0.25) is 0 Å². The standard InChI is InChI=1S/C17H28N4/c1-4-7-18-17-19-10-12(2)16(20-17)21(3)11-15-9-13-5-6-14(15)8-13/h10,13-15H,4-9,11H2,1-3H3,(H,18,19,20). The number of anilines is 2. The maximum Gasteiger partial charge on any atom is 0.224 e. The molecule has 116 valence electrons.